The first-order valence-corrected chi connectivity index (χ1v) is 7.24. The lowest BCUT2D eigenvalue weighted by Gasteiger charge is -2.35. The second-order valence-electron chi connectivity index (χ2n) is 5.42. The van der Waals surface area contributed by atoms with E-state index in [1.807, 2.05) is 26.0 Å². The minimum absolute atomic E-state index is 0.0807. The third-order valence-electron chi connectivity index (χ3n) is 3.87. The van der Waals surface area contributed by atoms with Gasteiger partial charge < -0.3 is 9.42 Å². The van der Waals surface area contributed by atoms with E-state index in [9.17, 15) is 4.79 Å². The van der Waals surface area contributed by atoms with Crippen LogP contribution in [-0.2, 0) is 11.2 Å². The van der Waals surface area contributed by atoms with Gasteiger partial charge in [0.05, 0.1) is 5.69 Å². The molecule has 110 valence electrons. The fourth-order valence-corrected chi connectivity index (χ4v) is 2.75. The van der Waals surface area contributed by atoms with Crippen molar-refractivity contribution in [2.75, 3.05) is 16.8 Å². The summed E-state index contributed by atoms with van der Waals surface area (Å²) >= 11 is 0. The summed E-state index contributed by atoms with van der Waals surface area (Å²) in [5.41, 5.74) is 3.21. The van der Waals surface area contributed by atoms with Crippen LogP contribution in [0.2, 0.25) is 0 Å². The summed E-state index contributed by atoms with van der Waals surface area (Å²) in [6.07, 6.45) is 2.14. The molecule has 2 heterocycles. The summed E-state index contributed by atoms with van der Waals surface area (Å²) in [7, 11) is 0. The van der Waals surface area contributed by atoms with Crippen LogP contribution in [0.3, 0.4) is 0 Å². The summed E-state index contributed by atoms with van der Waals surface area (Å²) in [5, 5.41) is 6.55. The lowest BCUT2D eigenvalue weighted by Crippen LogP contribution is -2.44. The molecule has 1 amide bonds. The van der Waals surface area contributed by atoms with Gasteiger partial charge in [-0.3, -0.25) is 10.1 Å². The molecular formula is C16H19N3O2. The Labute approximate surface area is 123 Å². The number of carbonyl (C=O) groups is 1. The van der Waals surface area contributed by atoms with Crippen molar-refractivity contribution in [3.63, 3.8) is 0 Å². The highest BCUT2D eigenvalue weighted by Crippen LogP contribution is 2.28. The van der Waals surface area contributed by atoms with Gasteiger partial charge in [0.1, 0.15) is 6.04 Å². The Hall–Kier alpha value is -2.30. The smallest absolute Gasteiger partial charge is 0.249 e. The Morgan fingerprint density at radius 2 is 2.24 bits per heavy atom. The topological polar surface area (TPSA) is 58.4 Å². The van der Waals surface area contributed by atoms with Gasteiger partial charge in [0.25, 0.3) is 0 Å². The van der Waals surface area contributed by atoms with Crippen molar-refractivity contribution in [2.24, 2.45) is 0 Å². The molecule has 0 saturated heterocycles. The van der Waals surface area contributed by atoms with E-state index in [2.05, 4.69) is 27.5 Å². The largest absolute Gasteiger partial charge is 0.360 e. The number of amides is 1. The SMILES string of the molecule is Cc1cc(NC(=O)[C@H](C)N2CCCc3ccccc32)on1. The summed E-state index contributed by atoms with van der Waals surface area (Å²) in [6.45, 7) is 4.63. The number of hydrogen-bond donors (Lipinski definition) is 1. The highest BCUT2D eigenvalue weighted by molar-refractivity contribution is 5.95. The molecule has 0 radical (unpaired) electrons. The van der Waals surface area contributed by atoms with Gasteiger partial charge in [-0.05, 0) is 38.3 Å². The minimum atomic E-state index is -0.253. The van der Waals surface area contributed by atoms with E-state index < -0.39 is 0 Å². The molecular weight excluding hydrogens is 266 g/mol. The van der Waals surface area contributed by atoms with Crippen LogP contribution in [0.4, 0.5) is 11.6 Å². The van der Waals surface area contributed by atoms with Crippen molar-refractivity contribution in [1.82, 2.24) is 5.16 Å². The molecule has 1 N–H and O–H groups in total. The van der Waals surface area contributed by atoms with Crippen LogP contribution in [-0.4, -0.2) is 23.7 Å². The number of fused-ring (bicyclic) bond motifs is 1. The first-order valence-electron chi connectivity index (χ1n) is 7.24. The van der Waals surface area contributed by atoms with Gasteiger partial charge in [-0.1, -0.05) is 23.4 Å². The molecule has 0 unspecified atom stereocenters. The van der Waals surface area contributed by atoms with Crippen LogP contribution in [0.5, 0.6) is 0 Å². The number of aryl methyl sites for hydroxylation is 2. The highest BCUT2D eigenvalue weighted by Gasteiger charge is 2.26. The number of carbonyl (C=O) groups excluding carboxylic acids is 1. The lowest BCUT2D eigenvalue weighted by atomic mass is 10.00. The predicted octanol–water partition coefficient (Wildman–Crippen LogP) is 2.76. The van der Waals surface area contributed by atoms with Crippen LogP contribution >= 0.6 is 0 Å². The molecule has 1 aliphatic rings. The Balaban J connectivity index is 1.76. The van der Waals surface area contributed by atoms with Gasteiger partial charge in [0.15, 0.2) is 0 Å². The molecule has 1 aromatic heterocycles. The predicted molar refractivity (Wildman–Crippen MR) is 81.4 cm³/mol. The van der Waals surface area contributed by atoms with Gasteiger partial charge in [-0.25, -0.2) is 0 Å². The Morgan fingerprint density at radius 1 is 1.43 bits per heavy atom. The number of rotatable bonds is 3. The summed E-state index contributed by atoms with van der Waals surface area (Å²) in [6, 6.07) is 9.74. The van der Waals surface area contributed by atoms with Crippen LogP contribution in [0.15, 0.2) is 34.9 Å². The lowest BCUT2D eigenvalue weighted by molar-refractivity contribution is -0.117. The third kappa shape index (κ3) is 2.77. The van der Waals surface area contributed by atoms with Crippen molar-refractivity contribution in [3.8, 4) is 0 Å². The fraction of sp³-hybridized carbons (Fsp3) is 0.375. The van der Waals surface area contributed by atoms with E-state index in [0.29, 0.717) is 5.88 Å². The van der Waals surface area contributed by atoms with E-state index in [4.69, 9.17) is 4.52 Å². The van der Waals surface area contributed by atoms with Gasteiger partial charge >= 0.3 is 0 Å². The van der Waals surface area contributed by atoms with Gasteiger partial charge in [0.2, 0.25) is 11.8 Å². The quantitative estimate of drug-likeness (QED) is 0.942. The Morgan fingerprint density at radius 3 is 3.00 bits per heavy atom. The average Bonchev–Trinajstić information content (AvgIpc) is 2.91. The van der Waals surface area contributed by atoms with Crippen molar-refractivity contribution in [3.05, 3.63) is 41.6 Å². The average molecular weight is 285 g/mol. The number of aromatic nitrogens is 1. The number of benzene rings is 1. The molecule has 5 nitrogen and oxygen atoms in total. The van der Waals surface area contributed by atoms with Crippen molar-refractivity contribution in [1.29, 1.82) is 0 Å². The van der Waals surface area contributed by atoms with Crippen LogP contribution in [0.1, 0.15) is 24.6 Å². The second-order valence-corrected chi connectivity index (χ2v) is 5.42. The van der Waals surface area contributed by atoms with Crippen LogP contribution in [0.25, 0.3) is 0 Å². The maximum atomic E-state index is 12.4. The Kier molecular flexibility index (Phi) is 3.64. The van der Waals surface area contributed by atoms with E-state index in [0.717, 1.165) is 30.8 Å². The highest BCUT2D eigenvalue weighted by atomic mass is 16.5. The molecule has 5 heteroatoms. The molecule has 0 aliphatic carbocycles. The maximum Gasteiger partial charge on any atom is 0.249 e. The van der Waals surface area contributed by atoms with E-state index in [-0.39, 0.29) is 11.9 Å². The molecule has 1 aromatic carbocycles. The van der Waals surface area contributed by atoms with Crippen LogP contribution in [0, 0.1) is 6.92 Å². The molecule has 0 saturated carbocycles. The molecule has 0 fully saturated rings. The first kappa shape index (κ1) is 13.7. The molecule has 1 aliphatic heterocycles. The summed E-state index contributed by atoms with van der Waals surface area (Å²) in [4.78, 5) is 14.5. The number of para-hydroxylation sites is 1. The fourth-order valence-electron chi connectivity index (χ4n) is 2.75. The molecule has 0 bridgehead atoms. The second kappa shape index (κ2) is 5.60. The van der Waals surface area contributed by atoms with Gasteiger partial charge in [0, 0.05) is 18.3 Å². The van der Waals surface area contributed by atoms with Gasteiger partial charge in [-0.2, -0.15) is 0 Å². The zero-order chi connectivity index (χ0) is 14.8. The molecule has 0 spiro atoms. The zero-order valence-electron chi connectivity index (χ0n) is 12.3. The molecule has 21 heavy (non-hydrogen) atoms. The van der Waals surface area contributed by atoms with Crippen molar-refractivity contribution >= 4 is 17.5 Å². The zero-order valence-corrected chi connectivity index (χ0v) is 12.3. The maximum absolute atomic E-state index is 12.4. The summed E-state index contributed by atoms with van der Waals surface area (Å²) < 4.78 is 5.04. The van der Waals surface area contributed by atoms with Crippen molar-refractivity contribution < 1.29 is 9.32 Å². The minimum Gasteiger partial charge on any atom is -0.360 e. The van der Waals surface area contributed by atoms with E-state index in [1.54, 1.807) is 6.07 Å². The third-order valence-corrected chi connectivity index (χ3v) is 3.87. The number of nitrogens with zero attached hydrogens (tertiary/aromatic N) is 2. The first-order chi connectivity index (χ1) is 10.1. The normalized spacial score (nSPS) is 15.4. The Bertz CT molecular complexity index is 650. The number of hydrogen-bond acceptors (Lipinski definition) is 4. The standard InChI is InChI=1S/C16H19N3O2/c1-11-10-15(21-18-11)17-16(20)12(2)19-9-5-7-13-6-3-4-8-14(13)19/h3-4,6,8,10,12H,5,7,9H2,1-2H3,(H,17,20)/t12-/m0/s1. The molecule has 2 aromatic rings. The van der Waals surface area contributed by atoms with Crippen molar-refractivity contribution in [2.45, 2.75) is 32.7 Å². The molecule has 3 rings (SSSR count). The number of anilines is 2. The van der Waals surface area contributed by atoms with E-state index >= 15 is 0 Å². The number of nitrogens with one attached hydrogen (secondary N) is 1. The molecule has 1 atom stereocenters. The monoisotopic (exact) mass is 285 g/mol. The van der Waals surface area contributed by atoms with Crippen LogP contribution < -0.4 is 10.2 Å². The van der Waals surface area contributed by atoms with E-state index in [1.165, 1.54) is 5.56 Å². The van der Waals surface area contributed by atoms with Gasteiger partial charge in [-0.15, -0.1) is 0 Å². The summed E-state index contributed by atoms with van der Waals surface area (Å²) in [5.74, 6) is 0.317.